The van der Waals surface area contributed by atoms with Gasteiger partial charge in [-0.2, -0.15) is 0 Å². The Kier molecular flexibility index (Phi) is 4.85. The highest BCUT2D eigenvalue weighted by Gasteiger charge is 2.16. The zero-order valence-corrected chi connectivity index (χ0v) is 11.4. The van der Waals surface area contributed by atoms with Gasteiger partial charge < -0.3 is 5.73 Å². The van der Waals surface area contributed by atoms with E-state index in [2.05, 4.69) is 61.5 Å². The minimum Gasteiger partial charge on any atom is -0.327 e. The molecule has 0 aliphatic rings. The molecule has 2 aromatic carbocycles. The Morgan fingerprint density at radius 2 is 1.50 bits per heavy atom. The van der Waals surface area contributed by atoms with E-state index in [0.29, 0.717) is 5.25 Å². The average molecular weight is 257 g/mol. The summed E-state index contributed by atoms with van der Waals surface area (Å²) in [5, 5.41) is 0.353. The summed E-state index contributed by atoms with van der Waals surface area (Å²) in [5.74, 6) is 1.00. The molecule has 0 aliphatic carbocycles. The maximum absolute atomic E-state index is 6.11. The van der Waals surface area contributed by atoms with Gasteiger partial charge in [0.1, 0.15) is 0 Å². The third-order valence-corrected chi connectivity index (χ3v) is 4.44. The van der Waals surface area contributed by atoms with Crippen LogP contribution < -0.4 is 5.73 Å². The van der Waals surface area contributed by atoms with E-state index in [0.717, 1.165) is 5.75 Å². The zero-order chi connectivity index (χ0) is 12.8. The van der Waals surface area contributed by atoms with Gasteiger partial charge in [0.25, 0.3) is 0 Å². The molecule has 1 nitrogen and oxygen atoms in total. The van der Waals surface area contributed by atoms with Crippen LogP contribution in [0, 0.1) is 0 Å². The Morgan fingerprint density at radius 1 is 0.944 bits per heavy atom. The predicted octanol–water partition coefficient (Wildman–Crippen LogP) is 4.01. The average Bonchev–Trinajstić information content (AvgIpc) is 2.41. The Labute approximate surface area is 113 Å². The number of hydrogen-bond acceptors (Lipinski definition) is 2. The zero-order valence-electron chi connectivity index (χ0n) is 10.6. The van der Waals surface area contributed by atoms with Crippen LogP contribution >= 0.6 is 11.8 Å². The lowest BCUT2D eigenvalue weighted by Gasteiger charge is -2.20. The van der Waals surface area contributed by atoms with Gasteiger partial charge in [-0.25, -0.2) is 0 Å². The number of thioether (sulfide) groups is 1. The van der Waals surface area contributed by atoms with Crippen LogP contribution in [0.15, 0.2) is 60.7 Å². The number of nitrogens with two attached hydrogens (primary N) is 1. The lowest BCUT2D eigenvalue weighted by Crippen LogP contribution is -2.22. The van der Waals surface area contributed by atoms with Crippen LogP contribution in [0.5, 0.6) is 0 Å². The molecule has 2 atom stereocenters. The van der Waals surface area contributed by atoms with Crippen LogP contribution in [0.4, 0.5) is 0 Å². The van der Waals surface area contributed by atoms with Gasteiger partial charge in [0.05, 0.1) is 0 Å². The fourth-order valence-corrected chi connectivity index (χ4v) is 3.17. The van der Waals surface area contributed by atoms with Crippen molar-refractivity contribution in [3.63, 3.8) is 0 Å². The number of rotatable bonds is 5. The molecule has 0 saturated heterocycles. The molecule has 0 bridgehead atoms. The van der Waals surface area contributed by atoms with Gasteiger partial charge in [0.15, 0.2) is 0 Å². The molecule has 0 fully saturated rings. The van der Waals surface area contributed by atoms with Crippen molar-refractivity contribution in [1.29, 1.82) is 0 Å². The van der Waals surface area contributed by atoms with E-state index in [4.69, 9.17) is 5.73 Å². The molecule has 18 heavy (non-hydrogen) atoms. The Bertz CT molecular complexity index is 453. The topological polar surface area (TPSA) is 26.0 Å². The molecule has 2 aromatic rings. The molecule has 0 saturated carbocycles. The third-order valence-electron chi connectivity index (χ3n) is 2.88. The Morgan fingerprint density at radius 3 is 2.06 bits per heavy atom. The first-order valence-electron chi connectivity index (χ1n) is 6.23. The predicted molar refractivity (Wildman–Crippen MR) is 80.6 cm³/mol. The van der Waals surface area contributed by atoms with E-state index in [1.54, 1.807) is 0 Å². The quantitative estimate of drug-likeness (QED) is 0.876. The largest absolute Gasteiger partial charge is 0.327 e. The normalized spacial score (nSPS) is 14.1. The molecule has 0 heterocycles. The Hall–Kier alpha value is -1.25. The van der Waals surface area contributed by atoms with Crippen molar-refractivity contribution in [2.75, 3.05) is 0 Å². The molecule has 2 unspecified atom stereocenters. The first-order valence-corrected chi connectivity index (χ1v) is 7.28. The molecule has 2 heteroatoms. The van der Waals surface area contributed by atoms with Crippen LogP contribution in [-0.2, 0) is 5.75 Å². The minimum atomic E-state index is 0.154. The van der Waals surface area contributed by atoms with Crippen LogP contribution in [0.3, 0.4) is 0 Å². The lowest BCUT2D eigenvalue weighted by molar-refractivity contribution is 0.721. The van der Waals surface area contributed by atoms with Crippen LogP contribution in [-0.4, -0.2) is 6.04 Å². The van der Waals surface area contributed by atoms with Crippen molar-refractivity contribution < 1.29 is 0 Å². The summed E-state index contributed by atoms with van der Waals surface area (Å²) < 4.78 is 0. The summed E-state index contributed by atoms with van der Waals surface area (Å²) in [7, 11) is 0. The Balaban J connectivity index is 2.04. The van der Waals surface area contributed by atoms with Gasteiger partial charge in [0.2, 0.25) is 0 Å². The smallest absolute Gasteiger partial charge is 0.0448 e. The standard InChI is InChI=1S/C16H19NS/c1-13(17)16(15-10-6-3-7-11-15)18-12-14-8-4-2-5-9-14/h2-11,13,16H,12,17H2,1H3. The van der Waals surface area contributed by atoms with E-state index in [-0.39, 0.29) is 6.04 Å². The molecule has 0 radical (unpaired) electrons. The highest BCUT2D eigenvalue weighted by atomic mass is 32.2. The molecule has 94 valence electrons. The van der Waals surface area contributed by atoms with E-state index in [1.807, 2.05) is 17.8 Å². The molecule has 2 rings (SSSR count). The molecule has 0 amide bonds. The van der Waals surface area contributed by atoms with Crippen LogP contribution in [0.1, 0.15) is 23.3 Å². The molecule has 0 spiro atoms. The van der Waals surface area contributed by atoms with Gasteiger partial charge in [-0.1, -0.05) is 60.7 Å². The van der Waals surface area contributed by atoms with Crippen molar-refractivity contribution in [2.24, 2.45) is 5.73 Å². The van der Waals surface area contributed by atoms with Gasteiger partial charge >= 0.3 is 0 Å². The summed E-state index contributed by atoms with van der Waals surface area (Å²) in [6.07, 6.45) is 0. The van der Waals surface area contributed by atoms with E-state index in [9.17, 15) is 0 Å². The summed E-state index contributed by atoms with van der Waals surface area (Å²) in [4.78, 5) is 0. The van der Waals surface area contributed by atoms with E-state index < -0.39 is 0 Å². The van der Waals surface area contributed by atoms with E-state index in [1.165, 1.54) is 11.1 Å². The van der Waals surface area contributed by atoms with Crippen molar-refractivity contribution in [2.45, 2.75) is 24.0 Å². The van der Waals surface area contributed by atoms with Crippen molar-refractivity contribution in [1.82, 2.24) is 0 Å². The summed E-state index contributed by atoms with van der Waals surface area (Å²) >= 11 is 1.91. The second-order valence-electron chi connectivity index (χ2n) is 4.49. The van der Waals surface area contributed by atoms with Gasteiger partial charge in [-0.15, -0.1) is 11.8 Å². The molecule has 0 aromatic heterocycles. The first kappa shape index (κ1) is 13.2. The maximum Gasteiger partial charge on any atom is 0.0448 e. The van der Waals surface area contributed by atoms with Gasteiger partial charge in [-0.3, -0.25) is 0 Å². The van der Waals surface area contributed by atoms with E-state index >= 15 is 0 Å². The van der Waals surface area contributed by atoms with Gasteiger partial charge in [-0.05, 0) is 18.1 Å². The van der Waals surface area contributed by atoms with Crippen molar-refractivity contribution >= 4 is 11.8 Å². The summed E-state index contributed by atoms with van der Waals surface area (Å²) in [5.41, 5.74) is 8.78. The second kappa shape index (κ2) is 6.62. The number of hydrogen-bond donors (Lipinski definition) is 1. The highest BCUT2D eigenvalue weighted by molar-refractivity contribution is 7.98. The summed E-state index contributed by atoms with van der Waals surface area (Å²) in [6, 6.07) is 21.2. The van der Waals surface area contributed by atoms with Crippen LogP contribution in [0.2, 0.25) is 0 Å². The van der Waals surface area contributed by atoms with Crippen LogP contribution in [0.25, 0.3) is 0 Å². The summed E-state index contributed by atoms with van der Waals surface area (Å²) in [6.45, 7) is 2.08. The highest BCUT2D eigenvalue weighted by Crippen LogP contribution is 2.33. The van der Waals surface area contributed by atoms with Crippen molar-refractivity contribution in [3.05, 3.63) is 71.8 Å². The molecule has 2 N–H and O–H groups in total. The fraction of sp³-hybridized carbons (Fsp3) is 0.250. The maximum atomic E-state index is 6.11. The third kappa shape index (κ3) is 3.62. The lowest BCUT2D eigenvalue weighted by atomic mass is 10.1. The van der Waals surface area contributed by atoms with Gasteiger partial charge in [0, 0.05) is 17.0 Å². The fourth-order valence-electron chi connectivity index (χ4n) is 1.95. The molecular formula is C16H19NS. The minimum absolute atomic E-state index is 0.154. The molecular weight excluding hydrogens is 238 g/mol. The first-order chi connectivity index (χ1) is 8.77. The second-order valence-corrected chi connectivity index (χ2v) is 5.62. The van der Waals surface area contributed by atoms with Crippen molar-refractivity contribution in [3.8, 4) is 0 Å². The molecule has 0 aliphatic heterocycles. The SMILES string of the molecule is CC(N)C(SCc1ccccc1)c1ccccc1. The monoisotopic (exact) mass is 257 g/mol. The number of benzene rings is 2.